The van der Waals surface area contributed by atoms with Crippen LogP contribution in [0.2, 0.25) is 0 Å². The molecule has 0 heterocycles. The lowest BCUT2D eigenvalue weighted by Gasteiger charge is -2.10. The van der Waals surface area contributed by atoms with E-state index < -0.39 is 0 Å². The van der Waals surface area contributed by atoms with Crippen LogP contribution in [-0.2, 0) is 0 Å². The van der Waals surface area contributed by atoms with Crippen molar-refractivity contribution in [3.05, 3.63) is 58.1 Å². The van der Waals surface area contributed by atoms with Crippen molar-refractivity contribution in [1.82, 2.24) is 5.43 Å². The number of hydrogen-bond donors (Lipinski definition) is 1. The molecule has 24 heavy (non-hydrogen) atoms. The van der Waals surface area contributed by atoms with E-state index in [9.17, 15) is 4.79 Å². The first-order valence-corrected chi connectivity index (χ1v) is 8.42. The molecule has 1 amide bonds. The lowest BCUT2D eigenvalue weighted by molar-refractivity contribution is 0.0954. The molecule has 2 rings (SSSR count). The highest BCUT2D eigenvalue weighted by Gasteiger charge is 2.08. The first kappa shape index (κ1) is 18.0. The maximum absolute atomic E-state index is 12.1. The summed E-state index contributed by atoms with van der Waals surface area (Å²) in [7, 11) is 0. The zero-order chi connectivity index (χ0) is 17.4. The van der Waals surface area contributed by atoms with Crippen LogP contribution in [0.15, 0.2) is 52.0 Å². The number of rotatable bonds is 7. The molecule has 6 heteroatoms. The van der Waals surface area contributed by atoms with Crippen LogP contribution in [0.4, 0.5) is 0 Å². The number of hydrazone groups is 1. The second-order valence-corrected chi connectivity index (χ2v) is 5.60. The molecule has 126 valence electrons. The second kappa shape index (κ2) is 9.08. The maximum Gasteiger partial charge on any atom is 0.272 e. The van der Waals surface area contributed by atoms with Gasteiger partial charge in [-0.2, -0.15) is 5.10 Å². The third-order valence-electron chi connectivity index (χ3n) is 3.08. The predicted molar refractivity (Wildman–Crippen MR) is 98.0 cm³/mol. The molecule has 1 N–H and O–H groups in total. The standard InChI is InChI=1S/C18H19BrN2O3/c1-3-23-14-10-9-13(17(11-14)24-4-2)12-20-21-18(22)15-7-5-6-8-16(15)19/h5-12H,3-4H2,1-2H3,(H,21,22)/b20-12-. The Balaban J connectivity index is 2.10. The Kier molecular flexibility index (Phi) is 6.81. The highest BCUT2D eigenvalue weighted by Crippen LogP contribution is 2.24. The lowest BCUT2D eigenvalue weighted by Crippen LogP contribution is -2.18. The third-order valence-corrected chi connectivity index (χ3v) is 3.78. The quantitative estimate of drug-likeness (QED) is 0.573. The number of carbonyl (C=O) groups is 1. The fraction of sp³-hybridized carbons (Fsp3) is 0.222. The van der Waals surface area contributed by atoms with E-state index in [4.69, 9.17) is 9.47 Å². The van der Waals surface area contributed by atoms with E-state index in [0.717, 1.165) is 11.3 Å². The first-order chi connectivity index (χ1) is 11.7. The molecule has 5 nitrogen and oxygen atoms in total. The van der Waals surface area contributed by atoms with Crippen molar-refractivity contribution < 1.29 is 14.3 Å². The normalized spacial score (nSPS) is 10.6. The summed E-state index contributed by atoms with van der Waals surface area (Å²) in [5.74, 6) is 1.10. The van der Waals surface area contributed by atoms with Crippen molar-refractivity contribution >= 4 is 28.1 Å². The highest BCUT2D eigenvalue weighted by molar-refractivity contribution is 9.10. The summed E-state index contributed by atoms with van der Waals surface area (Å²) in [5.41, 5.74) is 3.79. The van der Waals surface area contributed by atoms with Crippen LogP contribution in [0.3, 0.4) is 0 Å². The number of hydrogen-bond acceptors (Lipinski definition) is 4. The largest absolute Gasteiger partial charge is 0.494 e. The van der Waals surface area contributed by atoms with Crippen molar-refractivity contribution in [2.24, 2.45) is 5.10 Å². The van der Waals surface area contributed by atoms with Crippen LogP contribution < -0.4 is 14.9 Å². The Morgan fingerprint density at radius 1 is 1.17 bits per heavy atom. The molecule has 0 aliphatic carbocycles. The van der Waals surface area contributed by atoms with E-state index in [-0.39, 0.29) is 5.91 Å². The van der Waals surface area contributed by atoms with Crippen molar-refractivity contribution in [3.63, 3.8) is 0 Å². The van der Waals surface area contributed by atoms with E-state index in [1.54, 1.807) is 24.4 Å². The number of nitrogens with one attached hydrogen (secondary N) is 1. The van der Waals surface area contributed by atoms with Crippen LogP contribution in [-0.4, -0.2) is 25.3 Å². The van der Waals surface area contributed by atoms with Gasteiger partial charge in [0.05, 0.1) is 25.0 Å². The predicted octanol–water partition coefficient (Wildman–Crippen LogP) is 4.01. The van der Waals surface area contributed by atoms with Gasteiger partial charge in [-0.1, -0.05) is 12.1 Å². The molecule has 0 saturated heterocycles. The molecule has 0 aliphatic rings. The number of halogens is 1. The van der Waals surface area contributed by atoms with Gasteiger partial charge in [0.15, 0.2) is 0 Å². The topological polar surface area (TPSA) is 59.9 Å². The second-order valence-electron chi connectivity index (χ2n) is 4.74. The van der Waals surface area contributed by atoms with Gasteiger partial charge in [0.25, 0.3) is 5.91 Å². The van der Waals surface area contributed by atoms with E-state index >= 15 is 0 Å². The van der Waals surface area contributed by atoms with Crippen LogP contribution in [0.25, 0.3) is 0 Å². The van der Waals surface area contributed by atoms with Gasteiger partial charge in [0, 0.05) is 16.1 Å². The Morgan fingerprint density at radius 2 is 1.92 bits per heavy atom. The minimum atomic E-state index is -0.289. The molecule has 0 fully saturated rings. The van der Waals surface area contributed by atoms with Gasteiger partial charge in [0.1, 0.15) is 11.5 Å². The highest BCUT2D eigenvalue weighted by atomic mass is 79.9. The minimum Gasteiger partial charge on any atom is -0.494 e. The summed E-state index contributed by atoms with van der Waals surface area (Å²) in [4.78, 5) is 12.1. The van der Waals surface area contributed by atoms with Gasteiger partial charge >= 0.3 is 0 Å². The molecule has 0 aliphatic heterocycles. The summed E-state index contributed by atoms with van der Waals surface area (Å²) in [6, 6.07) is 12.6. The fourth-order valence-electron chi connectivity index (χ4n) is 2.02. The summed E-state index contributed by atoms with van der Waals surface area (Å²) in [5, 5.41) is 4.01. The summed E-state index contributed by atoms with van der Waals surface area (Å²) in [6.07, 6.45) is 1.55. The van der Waals surface area contributed by atoms with Gasteiger partial charge in [0.2, 0.25) is 0 Å². The molecule has 0 unspecified atom stereocenters. The SMILES string of the molecule is CCOc1ccc(/C=N\NC(=O)c2ccccc2Br)c(OCC)c1. The number of amides is 1. The molecular formula is C18H19BrN2O3. The lowest BCUT2D eigenvalue weighted by atomic mass is 10.2. The Hall–Kier alpha value is -2.34. The fourth-order valence-corrected chi connectivity index (χ4v) is 2.49. The van der Waals surface area contributed by atoms with Crippen LogP contribution in [0.1, 0.15) is 29.8 Å². The summed E-state index contributed by atoms with van der Waals surface area (Å²) in [6.45, 7) is 4.94. The van der Waals surface area contributed by atoms with Crippen molar-refractivity contribution in [1.29, 1.82) is 0 Å². The molecule has 0 aromatic heterocycles. The number of carbonyl (C=O) groups excluding carboxylic acids is 1. The minimum absolute atomic E-state index is 0.289. The van der Waals surface area contributed by atoms with Gasteiger partial charge < -0.3 is 9.47 Å². The smallest absolute Gasteiger partial charge is 0.272 e. The molecular weight excluding hydrogens is 372 g/mol. The summed E-state index contributed by atoms with van der Waals surface area (Å²) < 4.78 is 11.8. The number of nitrogens with zero attached hydrogens (tertiary/aromatic N) is 1. The van der Waals surface area contributed by atoms with Gasteiger partial charge in [-0.25, -0.2) is 5.43 Å². The Labute approximate surface area is 149 Å². The van der Waals surface area contributed by atoms with Gasteiger partial charge in [-0.15, -0.1) is 0 Å². The summed E-state index contributed by atoms with van der Waals surface area (Å²) >= 11 is 3.34. The Bertz CT molecular complexity index is 732. The van der Waals surface area contributed by atoms with E-state index in [1.165, 1.54) is 0 Å². The third kappa shape index (κ3) is 4.83. The van der Waals surface area contributed by atoms with E-state index in [2.05, 4.69) is 26.5 Å². The van der Waals surface area contributed by atoms with Gasteiger partial charge in [-0.05, 0) is 54.0 Å². The number of ether oxygens (including phenoxy) is 2. The number of benzene rings is 2. The average Bonchev–Trinajstić information content (AvgIpc) is 2.57. The average molecular weight is 391 g/mol. The van der Waals surface area contributed by atoms with Crippen LogP contribution in [0.5, 0.6) is 11.5 Å². The van der Waals surface area contributed by atoms with Crippen LogP contribution in [0, 0.1) is 0 Å². The monoisotopic (exact) mass is 390 g/mol. The first-order valence-electron chi connectivity index (χ1n) is 7.63. The van der Waals surface area contributed by atoms with Crippen LogP contribution >= 0.6 is 15.9 Å². The molecule has 2 aromatic rings. The van der Waals surface area contributed by atoms with E-state index in [0.29, 0.717) is 29.0 Å². The molecule has 0 bridgehead atoms. The van der Waals surface area contributed by atoms with Crippen molar-refractivity contribution in [2.75, 3.05) is 13.2 Å². The molecule has 0 atom stereocenters. The zero-order valence-electron chi connectivity index (χ0n) is 13.6. The van der Waals surface area contributed by atoms with E-state index in [1.807, 2.05) is 38.1 Å². The molecule has 0 saturated carbocycles. The Morgan fingerprint density at radius 3 is 2.62 bits per heavy atom. The van der Waals surface area contributed by atoms with Crippen molar-refractivity contribution in [3.8, 4) is 11.5 Å². The maximum atomic E-state index is 12.1. The molecule has 0 spiro atoms. The van der Waals surface area contributed by atoms with Gasteiger partial charge in [-0.3, -0.25) is 4.79 Å². The zero-order valence-corrected chi connectivity index (χ0v) is 15.2. The molecule has 0 radical (unpaired) electrons. The van der Waals surface area contributed by atoms with Crippen molar-refractivity contribution in [2.45, 2.75) is 13.8 Å². The molecule has 2 aromatic carbocycles.